The van der Waals surface area contributed by atoms with E-state index in [1.54, 1.807) is 19.2 Å². The molecule has 2 heterocycles. The summed E-state index contributed by atoms with van der Waals surface area (Å²) in [4.78, 5) is 14.4. The number of rotatable bonds is 10. The lowest BCUT2D eigenvalue weighted by Gasteiger charge is -2.26. The maximum Gasteiger partial charge on any atom is 0.260 e. The topological polar surface area (TPSA) is 81.5 Å². The summed E-state index contributed by atoms with van der Waals surface area (Å²) >= 11 is 5.08. The number of amides is 1. The Bertz CT molecular complexity index is 1190. The van der Waals surface area contributed by atoms with E-state index in [4.69, 9.17) is 9.47 Å². The highest BCUT2D eigenvalue weighted by Gasteiger charge is 2.19. The SMILES string of the molecule is COc1cc(CNn2c(C)nnc2SCc2ccc(F)cc2)cc(Br)c1OCC(=O)N1CCCCC1. The van der Waals surface area contributed by atoms with Crippen molar-refractivity contribution < 1.29 is 18.7 Å². The van der Waals surface area contributed by atoms with Gasteiger partial charge in [0.05, 0.1) is 18.1 Å². The van der Waals surface area contributed by atoms with Crippen molar-refractivity contribution in [2.75, 3.05) is 32.2 Å². The zero-order valence-corrected chi connectivity index (χ0v) is 22.7. The molecule has 0 bridgehead atoms. The van der Waals surface area contributed by atoms with Crippen molar-refractivity contribution >= 4 is 33.6 Å². The molecule has 192 valence electrons. The van der Waals surface area contributed by atoms with E-state index < -0.39 is 0 Å². The summed E-state index contributed by atoms with van der Waals surface area (Å²) in [7, 11) is 1.58. The fourth-order valence-electron chi connectivity index (χ4n) is 3.90. The van der Waals surface area contributed by atoms with Crippen molar-refractivity contribution in [3.63, 3.8) is 0 Å². The maximum absolute atomic E-state index is 13.2. The zero-order valence-electron chi connectivity index (χ0n) is 20.3. The summed E-state index contributed by atoms with van der Waals surface area (Å²) in [6.45, 7) is 3.90. The predicted octanol–water partition coefficient (Wildman–Crippen LogP) is 4.92. The van der Waals surface area contributed by atoms with E-state index in [0.29, 0.717) is 33.4 Å². The molecule has 1 aliphatic heterocycles. The van der Waals surface area contributed by atoms with Crippen molar-refractivity contribution in [3.05, 3.63) is 63.6 Å². The van der Waals surface area contributed by atoms with Gasteiger partial charge in [0.1, 0.15) is 11.6 Å². The predicted molar refractivity (Wildman–Crippen MR) is 140 cm³/mol. The molecule has 3 aromatic rings. The second-order valence-electron chi connectivity index (χ2n) is 8.45. The van der Waals surface area contributed by atoms with Crippen molar-refractivity contribution in [3.8, 4) is 11.5 Å². The lowest BCUT2D eigenvalue weighted by Crippen LogP contribution is -2.38. The van der Waals surface area contributed by atoms with E-state index in [9.17, 15) is 9.18 Å². The van der Waals surface area contributed by atoms with Crippen molar-refractivity contribution in [1.29, 1.82) is 0 Å². The van der Waals surface area contributed by atoms with Crippen LogP contribution in [0.4, 0.5) is 4.39 Å². The molecule has 1 fully saturated rings. The number of likely N-dealkylation sites (tertiary alicyclic amines) is 1. The third-order valence-electron chi connectivity index (χ3n) is 5.86. The minimum atomic E-state index is -0.254. The Hall–Kier alpha value is -2.79. The zero-order chi connectivity index (χ0) is 25.5. The van der Waals surface area contributed by atoms with Crippen LogP contribution < -0.4 is 14.9 Å². The molecular formula is C25H29BrFN5O3S. The highest BCUT2D eigenvalue weighted by molar-refractivity contribution is 9.10. The third kappa shape index (κ3) is 6.70. The number of carbonyl (C=O) groups is 1. The minimum Gasteiger partial charge on any atom is -0.493 e. The first kappa shape index (κ1) is 26.3. The van der Waals surface area contributed by atoms with Crippen LogP contribution in [-0.4, -0.2) is 52.5 Å². The van der Waals surface area contributed by atoms with Crippen LogP contribution in [0, 0.1) is 12.7 Å². The molecule has 1 N–H and O–H groups in total. The van der Waals surface area contributed by atoms with Gasteiger partial charge in [-0.05, 0) is 77.5 Å². The molecular weight excluding hydrogens is 549 g/mol. The number of benzene rings is 2. The number of aryl methyl sites for hydroxylation is 1. The van der Waals surface area contributed by atoms with E-state index in [1.807, 2.05) is 28.6 Å². The summed E-state index contributed by atoms with van der Waals surface area (Å²) in [6, 6.07) is 10.2. The van der Waals surface area contributed by atoms with E-state index in [-0.39, 0.29) is 18.3 Å². The third-order valence-corrected chi connectivity index (χ3v) is 7.44. The van der Waals surface area contributed by atoms with Gasteiger partial charge >= 0.3 is 0 Å². The Morgan fingerprint density at radius 1 is 1.14 bits per heavy atom. The summed E-state index contributed by atoms with van der Waals surface area (Å²) in [6.07, 6.45) is 3.25. The number of methoxy groups -OCH3 is 1. The van der Waals surface area contributed by atoms with Gasteiger partial charge in [-0.3, -0.25) is 4.79 Å². The van der Waals surface area contributed by atoms with Gasteiger partial charge in [0.25, 0.3) is 5.91 Å². The summed E-state index contributed by atoms with van der Waals surface area (Å²) in [5.74, 6) is 2.14. The second kappa shape index (κ2) is 12.4. The van der Waals surface area contributed by atoms with E-state index in [1.165, 1.54) is 30.3 Å². The number of nitrogens with one attached hydrogen (secondary N) is 1. The highest BCUT2D eigenvalue weighted by Crippen LogP contribution is 2.37. The number of carbonyl (C=O) groups excluding carboxylic acids is 1. The van der Waals surface area contributed by atoms with Crippen LogP contribution in [0.25, 0.3) is 0 Å². The van der Waals surface area contributed by atoms with Gasteiger partial charge < -0.3 is 19.8 Å². The van der Waals surface area contributed by atoms with E-state index in [0.717, 1.165) is 42.9 Å². The van der Waals surface area contributed by atoms with Gasteiger partial charge in [-0.2, -0.15) is 0 Å². The average Bonchev–Trinajstić information content (AvgIpc) is 3.25. The van der Waals surface area contributed by atoms with Gasteiger partial charge in [-0.1, -0.05) is 23.9 Å². The molecule has 1 saturated heterocycles. The molecule has 1 amide bonds. The standard InChI is InChI=1S/C25H29BrFN5O3S/c1-17-29-30-25(36-16-18-6-8-20(27)9-7-18)32(17)28-14-19-12-21(26)24(22(13-19)34-2)35-15-23(33)31-10-4-3-5-11-31/h6-9,12-13,28H,3-5,10-11,14-16H2,1-2H3. The summed E-state index contributed by atoms with van der Waals surface area (Å²) in [5.41, 5.74) is 5.28. The van der Waals surface area contributed by atoms with Gasteiger partial charge in [0.15, 0.2) is 18.1 Å². The molecule has 4 rings (SSSR count). The molecule has 2 aromatic carbocycles. The molecule has 0 saturated carbocycles. The van der Waals surface area contributed by atoms with Crippen molar-refractivity contribution in [2.24, 2.45) is 0 Å². The van der Waals surface area contributed by atoms with Gasteiger partial charge in [0.2, 0.25) is 5.16 Å². The van der Waals surface area contributed by atoms with Crippen LogP contribution in [0.3, 0.4) is 0 Å². The summed E-state index contributed by atoms with van der Waals surface area (Å²) < 4.78 is 27.1. The molecule has 11 heteroatoms. The number of hydrogen-bond donors (Lipinski definition) is 1. The number of nitrogens with zero attached hydrogens (tertiary/aromatic N) is 4. The van der Waals surface area contributed by atoms with Gasteiger partial charge in [-0.25, -0.2) is 9.07 Å². The fraction of sp³-hybridized carbons (Fsp3) is 0.400. The highest BCUT2D eigenvalue weighted by atomic mass is 79.9. The number of halogens is 2. The average molecular weight is 579 g/mol. The summed E-state index contributed by atoms with van der Waals surface area (Å²) in [5, 5.41) is 9.14. The molecule has 0 unspecified atom stereocenters. The molecule has 0 spiro atoms. The molecule has 0 atom stereocenters. The van der Waals surface area contributed by atoms with Crippen LogP contribution >= 0.6 is 27.7 Å². The van der Waals surface area contributed by atoms with E-state index >= 15 is 0 Å². The van der Waals surface area contributed by atoms with Crippen LogP contribution in [-0.2, 0) is 17.1 Å². The number of piperidine rings is 1. The van der Waals surface area contributed by atoms with Crippen LogP contribution in [0.15, 0.2) is 46.0 Å². The minimum absolute atomic E-state index is 0.0110. The fourth-order valence-corrected chi connectivity index (χ4v) is 5.42. The Kier molecular flexibility index (Phi) is 9.08. The number of thioether (sulfide) groups is 1. The number of aromatic nitrogens is 3. The van der Waals surface area contributed by atoms with Crippen LogP contribution in [0.5, 0.6) is 11.5 Å². The van der Waals surface area contributed by atoms with Gasteiger partial charge in [0, 0.05) is 18.8 Å². The molecule has 1 aliphatic rings. The lowest BCUT2D eigenvalue weighted by molar-refractivity contribution is -0.134. The Morgan fingerprint density at radius 2 is 1.89 bits per heavy atom. The molecule has 8 nitrogen and oxygen atoms in total. The van der Waals surface area contributed by atoms with Crippen LogP contribution in [0.1, 0.15) is 36.2 Å². The van der Waals surface area contributed by atoms with Crippen LogP contribution in [0.2, 0.25) is 0 Å². The normalized spacial score (nSPS) is 13.5. The van der Waals surface area contributed by atoms with Crippen molar-refractivity contribution in [1.82, 2.24) is 19.8 Å². The smallest absolute Gasteiger partial charge is 0.260 e. The monoisotopic (exact) mass is 577 g/mol. The quantitative estimate of drug-likeness (QED) is 0.342. The lowest BCUT2D eigenvalue weighted by atomic mass is 10.1. The second-order valence-corrected chi connectivity index (χ2v) is 10.3. The number of ether oxygens (including phenoxy) is 2. The molecule has 0 aliphatic carbocycles. The molecule has 36 heavy (non-hydrogen) atoms. The largest absolute Gasteiger partial charge is 0.493 e. The maximum atomic E-state index is 13.2. The first-order valence-corrected chi connectivity index (χ1v) is 13.5. The Labute approximate surface area is 222 Å². The molecule has 0 radical (unpaired) electrons. The Morgan fingerprint density at radius 3 is 2.61 bits per heavy atom. The van der Waals surface area contributed by atoms with Gasteiger partial charge in [-0.15, -0.1) is 10.2 Å². The van der Waals surface area contributed by atoms with E-state index in [2.05, 4.69) is 31.6 Å². The number of hydrogen-bond acceptors (Lipinski definition) is 7. The first-order valence-electron chi connectivity index (χ1n) is 11.7. The Balaban J connectivity index is 1.38. The van der Waals surface area contributed by atoms with Crippen molar-refractivity contribution in [2.45, 2.75) is 43.6 Å². The molecule has 1 aromatic heterocycles. The first-order chi connectivity index (χ1) is 17.4.